The molecule has 2 aromatic rings. The summed E-state index contributed by atoms with van der Waals surface area (Å²) in [5, 5.41) is 0. The molecule has 2 rings (SSSR count). The third kappa shape index (κ3) is 3.30. The van der Waals surface area contributed by atoms with Gasteiger partial charge in [0.05, 0.1) is 17.1 Å². The number of alkyl halides is 3. The van der Waals surface area contributed by atoms with Crippen molar-refractivity contribution in [2.75, 3.05) is 0 Å². The van der Waals surface area contributed by atoms with E-state index in [1.807, 2.05) is 13.8 Å². The fraction of sp³-hybridized carbons (Fsp3) is 0.500. The third-order valence-electron chi connectivity index (χ3n) is 3.08. The molecule has 1 atom stereocenters. The van der Waals surface area contributed by atoms with E-state index in [0.717, 1.165) is 0 Å². The van der Waals surface area contributed by atoms with Crippen LogP contribution in [0.15, 0.2) is 24.3 Å². The van der Waals surface area contributed by atoms with Gasteiger partial charge in [-0.15, -0.1) is 0 Å². The van der Waals surface area contributed by atoms with E-state index in [2.05, 4.69) is 4.98 Å². The molecular weight excluding hydrogens is 267 g/mol. The van der Waals surface area contributed by atoms with E-state index >= 15 is 0 Å². The summed E-state index contributed by atoms with van der Waals surface area (Å²) in [7, 11) is 0. The molecule has 2 N–H and O–H groups in total. The highest BCUT2D eigenvalue weighted by Crippen LogP contribution is 2.27. The molecule has 3 nitrogen and oxygen atoms in total. The monoisotopic (exact) mass is 285 g/mol. The highest BCUT2D eigenvalue weighted by Gasteiger charge is 2.31. The molecular formula is C14H18F3N3. The van der Waals surface area contributed by atoms with Crippen LogP contribution in [0, 0.1) is 5.92 Å². The zero-order valence-electron chi connectivity index (χ0n) is 11.5. The van der Waals surface area contributed by atoms with Crippen LogP contribution in [-0.4, -0.2) is 15.7 Å². The topological polar surface area (TPSA) is 43.8 Å². The Bertz CT molecular complexity index is 587. The van der Waals surface area contributed by atoms with Gasteiger partial charge in [0.1, 0.15) is 12.4 Å². The van der Waals surface area contributed by atoms with Crippen LogP contribution in [0.3, 0.4) is 0 Å². The lowest BCUT2D eigenvalue weighted by atomic mass is 10.0. The quantitative estimate of drug-likeness (QED) is 0.932. The van der Waals surface area contributed by atoms with Crippen molar-refractivity contribution in [2.24, 2.45) is 11.7 Å². The van der Waals surface area contributed by atoms with Crippen LogP contribution in [0.1, 0.15) is 32.1 Å². The molecule has 1 heterocycles. The summed E-state index contributed by atoms with van der Waals surface area (Å²) in [6, 6.07) is 6.30. The molecule has 110 valence electrons. The molecule has 1 aromatic heterocycles. The van der Waals surface area contributed by atoms with Gasteiger partial charge in [-0.1, -0.05) is 26.0 Å². The Labute approximate surface area is 115 Å². The summed E-state index contributed by atoms with van der Waals surface area (Å²) in [6.07, 6.45) is -3.70. The number of para-hydroxylation sites is 2. The minimum absolute atomic E-state index is 0.296. The number of nitrogens with zero attached hydrogens (tertiary/aromatic N) is 2. The third-order valence-corrected chi connectivity index (χ3v) is 3.08. The smallest absolute Gasteiger partial charge is 0.321 e. The zero-order valence-corrected chi connectivity index (χ0v) is 11.5. The first-order valence-electron chi connectivity index (χ1n) is 6.55. The van der Waals surface area contributed by atoms with Gasteiger partial charge in [0, 0.05) is 0 Å². The summed E-state index contributed by atoms with van der Waals surface area (Å²) in [4.78, 5) is 4.29. The molecule has 0 aliphatic rings. The van der Waals surface area contributed by atoms with E-state index in [1.54, 1.807) is 24.3 Å². The first-order chi connectivity index (χ1) is 9.28. The summed E-state index contributed by atoms with van der Waals surface area (Å²) in [5.74, 6) is 0.598. The Hall–Kier alpha value is -1.56. The van der Waals surface area contributed by atoms with Crippen LogP contribution in [-0.2, 0) is 6.54 Å². The number of hydrogen-bond donors (Lipinski definition) is 1. The maximum Gasteiger partial charge on any atom is 0.406 e. The molecule has 6 heteroatoms. The van der Waals surface area contributed by atoms with Crippen molar-refractivity contribution in [1.29, 1.82) is 0 Å². The van der Waals surface area contributed by atoms with Crippen LogP contribution in [0.4, 0.5) is 13.2 Å². The number of fused-ring (bicyclic) bond motifs is 1. The van der Waals surface area contributed by atoms with Crippen molar-refractivity contribution in [3.05, 3.63) is 30.1 Å². The summed E-state index contributed by atoms with van der Waals surface area (Å²) in [6.45, 7) is 2.90. The molecule has 20 heavy (non-hydrogen) atoms. The summed E-state index contributed by atoms with van der Waals surface area (Å²) >= 11 is 0. The summed E-state index contributed by atoms with van der Waals surface area (Å²) in [5.41, 5.74) is 7.05. The lowest BCUT2D eigenvalue weighted by molar-refractivity contribution is -0.140. The fourth-order valence-electron chi connectivity index (χ4n) is 2.34. The molecule has 1 unspecified atom stereocenters. The van der Waals surface area contributed by atoms with Gasteiger partial charge in [0.2, 0.25) is 0 Å². The molecule has 0 spiro atoms. The molecule has 0 bridgehead atoms. The normalized spacial score (nSPS) is 14.2. The molecule has 1 aromatic carbocycles. The first kappa shape index (κ1) is 14.8. The van der Waals surface area contributed by atoms with Crippen molar-refractivity contribution < 1.29 is 13.2 Å². The van der Waals surface area contributed by atoms with Gasteiger partial charge in [-0.05, 0) is 24.5 Å². The van der Waals surface area contributed by atoms with E-state index in [4.69, 9.17) is 5.73 Å². The molecule has 0 amide bonds. The highest BCUT2D eigenvalue weighted by atomic mass is 19.4. The molecule has 0 saturated heterocycles. The Morgan fingerprint density at radius 2 is 1.90 bits per heavy atom. The Balaban J connectivity index is 2.49. The lowest BCUT2D eigenvalue weighted by Gasteiger charge is -2.17. The van der Waals surface area contributed by atoms with Crippen molar-refractivity contribution in [1.82, 2.24) is 9.55 Å². The van der Waals surface area contributed by atoms with Gasteiger partial charge in [-0.25, -0.2) is 4.98 Å². The highest BCUT2D eigenvalue weighted by molar-refractivity contribution is 5.76. The number of imidazole rings is 1. The predicted octanol–water partition coefficient (Wildman–Crippen LogP) is 3.64. The van der Waals surface area contributed by atoms with Gasteiger partial charge < -0.3 is 10.3 Å². The second-order valence-corrected chi connectivity index (χ2v) is 5.40. The van der Waals surface area contributed by atoms with Crippen LogP contribution >= 0.6 is 0 Å². The van der Waals surface area contributed by atoms with Gasteiger partial charge in [-0.2, -0.15) is 13.2 Å². The average molecular weight is 285 g/mol. The number of benzene rings is 1. The SMILES string of the molecule is CC(C)CC(N)c1nc2ccccc2n1CC(F)(F)F. The Kier molecular flexibility index (Phi) is 4.04. The van der Waals surface area contributed by atoms with E-state index < -0.39 is 18.8 Å². The van der Waals surface area contributed by atoms with Crippen LogP contribution < -0.4 is 5.73 Å². The van der Waals surface area contributed by atoms with Crippen molar-refractivity contribution in [2.45, 2.75) is 39.0 Å². The predicted molar refractivity (Wildman–Crippen MR) is 72.2 cm³/mol. The standard InChI is InChI=1S/C14H18F3N3/c1-9(2)7-10(18)13-19-11-5-3-4-6-12(11)20(13)8-14(15,16)17/h3-6,9-10H,7-8,18H2,1-2H3. The average Bonchev–Trinajstić information content (AvgIpc) is 2.65. The minimum Gasteiger partial charge on any atom is -0.321 e. The van der Waals surface area contributed by atoms with Gasteiger partial charge >= 0.3 is 6.18 Å². The second kappa shape index (κ2) is 5.44. The molecule has 0 aliphatic heterocycles. The van der Waals surface area contributed by atoms with E-state index in [1.165, 1.54) is 4.57 Å². The number of aromatic nitrogens is 2. The van der Waals surface area contributed by atoms with Crippen molar-refractivity contribution in [3.8, 4) is 0 Å². The largest absolute Gasteiger partial charge is 0.406 e. The van der Waals surface area contributed by atoms with Gasteiger partial charge in [0.15, 0.2) is 0 Å². The lowest BCUT2D eigenvalue weighted by Crippen LogP contribution is -2.24. The summed E-state index contributed by atoms with van der Waals surface area (Å²) < 4.78 is 39.5. The van der Waals surface area contributed by atoms with E-state index in [9.17, 15) is 13.2 Å². The Morgan fingerprint density at radius 1 is 1.25 bits per heavy atom. The number of halogens is 3. The van der Waals surface area contributed by atoms with Crippen LogP contribution in [0.2, 0.25) is 0 Å². The van der Waals surface area contributed by atoms with E-state index in [0.29, 0.717) is 29.2 Å². The minimum atomic E-state index is -4.30. The van der Waals surface area contributed by atoms with Crippen molar-refractivity contribution >= 4 is 11.0 Å². The second-order valence-electron chi connectivity index (χ2n) is 5.40. The van der Waals surface area contributed by atoms with Gasteiger partial charge in [-0.3, -0.25) is 0 Å². The van der Waals surface area contributed by atoms with Crippen LogP contribution in [0.5, 0.6) is 0 Å². The van der Waals surface area contributed by atoms with E-state index in [-0.39, 0.29) is 0 Å². The number of hydrogen-bond acceptors (Lipinski definition) is 2. The van der Waals surface area contributed by atoms with Crippen LogP contribution in [0.25, 0.3) is 11.0 Å². The first-order valence-corrected chi connectivity index (χ1v) is 6.55. The zero-order chi connectivity index (χ0) is 14.9. The number of nitrogens with two attached hydrogens (primary N) is 1. The molecule has 0 aliphatic carbocycles. The Morgan fingerprint density at radius 3 is 2.50 bits per heavy atom. The molecule has 0 saturated carbocycles. The van der Waals surface area contributed by atoms with Gasteiger partial charge in [0.25, 0.3) is 0 Å². The maximum absolute atomic E-state index is 12.8. The molecule has 0 fully saturated rings. The number of rotatable bonds is 4. The molecule has 0 radical (unpaired) electrons. The van der Waals surface area contributed by atoms with Crippen molar-refractivity contribution in [3.63, 3.8) is 0 Å². The maximum atomic E-state index is 12.8. The fourth-order valence-corrected chi connectivity index (χ4v) is 2.34.